The summed E-state index contributed by atoms with van der Waals surface area (Å²) in [5.41, 5.74) is 2.82. The highest BCUT2D eigenvalue weighted by Gasteiger charge is 2.50. The summed E-state index contributed by atoms with van der Waals surface area (Å²) >= 11 is 0. The molecule has 11 nitrogen and oxygen atoms in total. The molecule has 2 N–H and O–H groups in total. The second-order valence-corrected chi connectivity index (χ2v) is 11.6. The molecule has 1 unspecified atom stereocenters. The molecule has 1 amide bonds. The van der Waals surface area contributed by atoms with Crippen molar-refractivity contribution in [2.45, 2.75) is 78.2 Å². The zero-order valence-electron chi connectivity index (χ0n) is 25.2. The number of fused-ring (bicyclic) bond motifs is 5. The molecule has 2 aromatic heterocycles. The van der Waals surface area contributed by atoms with E-state index in [1.165, 1.54) is 0 Å². The van der Waals surface area contributed by atoms with Crippen LogP contribution < -0.4 is 10.9 Å². The van der Waals surface area contributed by atoms with E-state index in [0.29, 0.717) is 24.4 Å². The van der Waals surface area contributed by atoms with Crippen molar-refractivity contribution < 1.29 is 33.7 Å². The molecule has 0 bridgehead atoms. The van der Waals surface area contributed by atoms with Crippen molar-refractivity contribution in [3.05, 3.63) is 62.4 Å². The fourth-order valence-electron chi connectivity index (χ4n) is 5.89. The summed E-state index contributed by atoms with van der Waals surface area (Å²) in [6, 6.07) is 7.79. The number of aryl methyl sites for hydroxylation is 2. The third kappa shape index (κ3) is 5.43. The van der Waals surface area contributed by atoms with E-state index < -0.39 is 35.6 Å². The summed E-state index contributed by atoms with van der Waals surface area (Å²) < 4.78 is 18.3. The largest absolute Gasteiger partial charge is 0.457 e. The number of carbonyl (C=O) groups is 3. The molecule has 5 rings (SSSR count). The summed E-state index contributed by atoms with van der Waals surface area (Å²) in [5.74, 6) is -2.22. The fourth-order valence-corrected chi connectivity index (χ4v) is 5.89. The molecule has 1 aromatic carbocycles. The number of aliphatic hydroxyl groups excluding tert-OH is 1. The van der Waals surface area contributed by atoms with Gasteiger partial charge in [-0.2, -0.15) is 0 Å². The summed E-state index contributed by atoms with van der Waals surface area (Å²) in [6.07, 6.45) is 1.10. The van der Waals surface area contributed by atoms with Crippen LogP contribution in [0.4, 0.5) is 0 Å². The van der Waals surface area contributed by atoms with E-state index in [1.54, 1.807) is 31.4 Å². The normalized spacial score (nSPS) is 17.2. The average molecular weight is 592 g/mol. The molecule has 0 fully saturated rings. The molecule has 0 aliphatic carbocycles. The van der Waals surface area contributed by atoms with Gasteiger partial charge in [0.15, 0.2) is 0 Å². The highest BCUT2D eigenvalue weighted by molar-refractivity contribution is 5.91. The molecule has 0 radical (unpaired) electrons. The SMILES string of the molecule is CCc1c2c(nc3ccc(C)cc13)-c1cc3c(c(=O)n1C2)COC(=O)C3(CC)OC(=O)CNC(=O)COC(C)(C)CCO. The predicted molar refractivity (Wildman–Crippen MR) is 157 cm³/mol. The van der Waals surface area contributed by atoms with Crippen molar-refractivity contribution in [1.29, 1.82) is 0 Å². The second-order valence-electron chi connectivity index (χ2n) is 11.6. The van der Waals surface area contributed by atoms with Crippen LogP contribution in [0.2, 0.25) is 0 Å². The summed E-state index contributed by atoms with van der Waals surface area (Å²) in [4.78, 5) is 57.4. The number of rotatable bonds is 10. The molecule has 2 aliphatic rings. The number of aromatic nitrogens is 2. The molecule has 0 saturated carbocycles. The second kappa shape index (κ2) is 11.5. The highest BCUT2D eigenvalue weighted by atomic mass is 16.6. The molecule has 0 saturated heterocycles. The average Bonchev–Trinajstić information content (AvgIpc) is 3.34. The molecule has 0 spiro atoms. The van der Waals surface area contributed by atoms with Crippen molar-refractivity contribution >= 4 is 28.7 Å². The van der Waals surface area contributed by atoms with Gasteiger partial charge in [0.05, 0.1) is 34.6 Å². The number of carbonyl (C=O) groups excluding carboxylic acids is 3. The summed E-state index contributed by atoms with van der Waals surface area (Å²) in [5, 5.41) is 12.6. The number of nitrogens with one attached hydrogen (secondary N) is 1. The minimum Gasteiger partial charge on any atom is -0.457 e. The molecule has 43 heavy (non-hydrogen) atoms. The Bertz CT molecular complexity index is 1690. The first kappa shape index (κ1) is 30.4. The van der Waals surface area contributed by atoms with E-state index in [9.17, 15) is 19.2 Å². The van der Waals surface area contributed by atoms with Crippen LogP contribution in [0, 0.1) is 6.92 Å². The lowest BCUT2D eigenvalue weighted by molar-refractivity contribution is -0.189. The Kier molecular flexibility index (Phi) is 8.15. The minimum absolute atomic E-state index is 0.0113. The van der Waals surface area contributed by atoms with Gasteiger partial charge in [-0.3, -0.25) is 14.4 Å². The number of benzene rings is 1. The zero-order valence-corrected chi connectivity index (χ0v) is 25.2. The Morgan fingerprint density at radius 3 is 2.65 bits per heavy atom. The van der Waals surface area contributed by atoms with Crippen LogP contribution >= 0.6 is 0 Å². The smallest absolute Gasteiger partial charge is 0.355 e. The number of pyridine rings is 2. The van der Waals surface area contributed by atoms with Crippen LogP contribution in [-0.4, -0.2) is 57.9 Å². The van der Waals surface area contributed by atoms with Gasteiger partial charge in [-0.15, -0.1) is 0 Å². The lowest BCUT2D eigenvalue weighted by Gasteiger charge is -2.35. The van der Waals surface area contributed by atoms with E-state index in [2.05, 4.69) is 18.3 Å². The van der Waals surface area contributed by atoms with Gasteiger partial charge in [-0.05, 0) is 63.8 Å². The maximum Gasteiger partial charge on any atom is 0.355 e. The maximum absolute atomic E-state index is 13.8. The fraction of sp³-hybridized carbons (Fsp3) is 0.469. The standard InChI is InChI=1S/C32H37N3O8/c1-6-19-20-12-18(3)8-9-24(20)34-28-21(19)15-35-25(28)13-23-22(29(35)39)16-41-30(40)32(23,7-2)43-27(38)14-33-26(37)17-42-31(4,5)10-11-36/h8-9,12-13,36H,6-7,10-11,14-17H2,1-5H3,(H,33,37). The van der Waals surface area contributed by atoms with Crippen LogP contribution in [0.1, 0.15) is 68.4 Å². The molecular formula is C32H37N3O8. The van der Waals surface area contributed by atoms with E-state index in [4.69, 9.17) is 24.3 Å². The van der Waals surface area contributed by atoms with Gasteiger partial charge in [-0.1, -0.05) is 25.5 Å². The van der Waals surface area contributed by atoms with Gasteiger partial charge in [0.2, 0.25) is 11.5 Å². The number of nitrogens with zero attached hydrogens (tertiary/aromatic N) is 2. The summed E-state index contributed by atoms with van der Waals surface area (Å²) in [6.45, 7) is 8.40. The van der Waals surface area contributed by atoms with E-state index in [0.717, 1.165) is 34.0 Å². The van der Waals surface area contributed by atoms with E-state index in [-0.39, 0.29) is 42.9 Å². The Hall–Kier alpha value is -4.09. The van der Waals surface area contributed by atoms with Gasteiger partial charge < -0.3 is 29.2 Å². The van der Waals surface area contributed by atoms with Crippen LogP contribution in [0.15, 0.2) is 29.1 Å². The quantitative estimate of drug-likeness (QED) is 0.266. The number of hydrogen-bond acceptors (Lipinski definition) is 9. The zero-order chi connectivity index (χ0) is 31.1. The van der Waals surface area contributed by atoms with Crippen molar-refractivity contribution in [2.24, 2.45) is 0 Å². The van der Waals surface area contributed by atoms with Gasteiger partial charge in [0.25, 0.3) is 5.56 Å². The maximum atomic E-state index is 13.8. The Morgan fingerprint density at radius 1 is 1.19 bits per heavy atom. The lowest BCUT2D eigenvalue weighted by Crippen LogP contribution is -2.49. The molecular weight excluding hydrogens is 554 g/mol. The monoisotopic (exact) mass is 591 g/mol. The Morgan fingerprint density at radius 2 is 1.95 bits per heavy atom. The van der Waals surface area contributed by atoms with Crippen molar-refractivity contribution in [3.8, 4) is 11.4 Å². The summed E-state index contributed by atoms with van der Waals surface area (Å²) in [7, 11) is 0. The molecule has 1 atom stereocenters. The van der Waals surface area contributed by atoms with Gasteiger partial charge in [-0.25, -0.2) is 9.78 Å². The van der Waals surface area contributed by atoms with Crippen molar-refractivity contribution in [2.75, 3.05) is 19.8 Å². The molecule has 4 heterocycles. The predicted octanol–water partition coefficient (Wildman–Crippen LogP) is 2.80. The topological polar surface area (TPSA) is 146 Å². The van der Waals surface area contributed by atoms with Crippen molar-refractivity contribution in [3.63, 3.8) is 0 Å². The van der Waals surface area contributed by atoms with Crippen LogP contribution in [0.3, 0.4) is 0 Å². The number of cyclic esters (lactones) is 1. The van der Waals surface area contributed by atoms with E-state index >= 15 is 0 Å². The van der Waals surface area contributed by atoms with Gasteiger partial charge in [0.1, 0.15) is 19.8 Å². The number of amides is 1. The number of ether oxygens (including phenoxy) is 3. The minimum atomic E-state index is -1.87. The number of aliphatic hydroxyl groups is 1. The van der Waals surface area contributed by atoms with Crippen LogP contribution in [-0.2, 0) is 53.8 Å². The molecule has 3 aromatic rings. The third-order valence-electron chi connectivity index (χ3n) is 8.31. The van der Waals surface area contributed by atoms with E-state index in [1.807, 2.05) is 19.1 Å². The first-order valence-corrected chi connectivity index (χ1v) is 14.5. The first-order valence-electron chi connectivity index (χ1n) is 14.5. The number of hydrogen-bond donors (Lipinski definition) is 2. The lowest BCUT2D eigenvalue weighted by atomic mass is 9.85. The third-order valence-corrected chi connectivity index (χ3v) is 8.31. The number of esters is 2. The molecule has 228 valence electrons. The molecule has 11 heteroatoms. The highest BCUT2D eigenvalue weighted by Crippen LogP contribution is 2.42. The Labute approximate surface area is 249 Å². The first-order chi connectivity index (χ1) is 20.4. The van der Waals surface area contributed by atoms with Crippen LogP contribution in [0.25, 0.3) is 22.3 Å². The van der Waals surface area contributed by atoms with Gasteiger partial charge in [0, 0.05) is 23.1 Å². The van der Waals surface area contributed by atoms with Crippen molar-refractivity contribution in [1.82, 2.24) is 14.9 Å². The van der Waals surface area contributed by atoms with Crippen LogP contribution in [0.5, 0.6) is 0 Å². The van der Waals surface area contributed by atoms with Gasteiger partial charge >= 0.3 is 11.9 Å². The molecule has 2 aliphatic heterocycles. The Balaban J connectivity index is 1.47.